The second-order valence-corrected chi connectivity index (χ2v) is 5.46. The number of rotatable bonds is 6. The summed E-state index contributed by atoms with van der Waals surface area (Å²) in [6.07, 6.45) is 5.48. The maximum atomic E-state index is 5.88. The smallest absolute Gasteiger partial charge is 0.119 e. The highest BCUT2D eigenvalue weighted by molar-refractivity contribution is 5.28. The first kappa shape index (κ1) is 14.4. The molecule has 1 saturated carbocycles. The lowest BCUT2D eigenvalue weighted by molar-refractivity contribution is 0.00196. The topological polar surface area (TPSA) is 44.5 Å². The minimum Gasteiger partial charge on any atom is -0.491 e. The minimum absolute atomic E-state index is 0.433. The Morgan fingerprint density at radius 3 is 2.95 bits per heavy atom. The molecule has 19 heavy (non-hydrogen) atoms. The van der Waals surface area contributed by atoms with Crippen LogP contribution in [0.1, 0.15) is 38.2 Å². The van der Waals surface area contributed by atoms with Gasteiger partial charge in [-0.3, -0.25) is 0 Å². The van der Waals surface area contributed by atoms with Crippen molar-refractivity contribution >= 4 is 0 Å². The predicted octanol–water partition coefficient (Wildman–Crippen LogP) is 3.12. The average molecular weight is 263 g/mol. The SMILES string of the molecule is CC1CCCC(OCCOc2cccc(CN)c2)C1. The molecule has 0 saturated heterocycles. The van der Waals surface area contributed by atoms with E-state index in [-0.39, 0.29) is 0 Å². The molecule has 0 bridgehead atoms. The molecule has 1 fully saturated rings. The van der Waals surface area contributed by atoms with E-state index in [2.05, 4.69) is 6.92 Å². The fourth-order valence-corrected chi connectivity index (χ4v) is 2.67. The Balaban J connectivity index is 1.66. The molecular formula is C16H25NO2. The van der Waals surface area contributed by atoms with Crippen LogP contribution in [-0.2, 0) is 11.3 Å². The molecule has 1 aromatic carbocycles. The molecule has 0 radical (unpaired) electrons. The maximum Gasteiger partial charge on any atom is 0.119 e. The molecular weight excluding hydrogens is 238 g/mol. The molecule has 0 heterocycles. The zero-order valence-corrected chi connectivity index (χ0v) is 11.8. The number of nitrogens with two attached hydrogens (primary N) is 1. The number of benzene rings is 1. The van der Waals surface area contributed by atoms with Crippen molar-refractivity contribution < 1.29 is 9.47 Å². The third kappa shape index (κ3) is 4.84. The van der Waals surface area contributed by atoms with Crippen LogP contribution < -0.4 is 10.5 Å². The van der Waals surface area contributed by atoms with Gasteiger partial charge in [0.25, 0.3) is 0 Å². The molecule has 3 nitrogen and oxygen atoms in total. The van der Waals surface area contributed by atoms with E-state index in [9.17, 15) is 0 Å². The summed E-state index contributed by atoms with van der Waals surface area (Å²) >= 11 is 0. The average Bonchev–Trinajstić information content (AvgIpc) is 2.44. The maximum absolute atomic E-state index is 5.88. The van der Waals surface area contributed by atoms with Gasteiger partial charge in [-0.15, -0.1) is 0 Å². The van der Waals surface area contributed by atoms with Crippen molar-refractivity contribution in [2.75, 3.05) is 13.2 Å². The van der Waals surface area contributed by atoms with E-state index in [0.29, 0.717) is 25.9 Å². The van der Waals surface area contributed by atoms with Gasteiger partial charge in [0.2, 0.25) is 0 Å². The van der Waals surface area contributed by atoms with Crippen molar-refractivity contribution in [1.82, 2.24) is 0 Å². The van der Waals surface area contributed by atoms with Crippen molar-refractivity contribution in [3.8, 4) is 5.75 Å². The van der Waals surface area contributed by atoms with Gasteiger partial charge in [-0.05, 0) is 36.5 Å². The zero-order valence-electron chi connectivity index (χ0n) is 11.8. The molecule has 0 spiro atoms. The summed E-state index contributed by atoms with van der Waals surface area (Å²) in [6, 6.07) is 7.93. The van der Waals surface area contributed by atoms with Crippen LogP contribution in [0, 0.1) is 5.92 Å². The summed E-state index contributed by atoms with van der Waals surface area (Å²) < 4.78 is 11.6. The number of hydrogen-bond donors (Lipinski definition) is 1. The van der Waals surface area contributed by atoms with Crippen LogP contribution >= 0.6 is 0 Å². The van der Waals surface area contributed by atoms with Gasteiger partial charge >= 0.3 is 0 Å². The van der Waals surface area contributed by atoms with Crippen molar-refractivity contribution in [2.24, 2.45) is 11.7 Å². The van der Waals surface area contributed by atoms with E-state index in [4.69, 9.17) is 15.2 Å². The molecule has 1 aliphatic rings. The summed E-state index contributed by atoms with van der Waals surface area (Å²) in [6.45, 7) is 4.14. The number of ether oxygens (including phenoxy) is 2. The van der Waals surface area contributed by atoms with Gasteiger partial charge in [-0.1, -0.05) is 31.9 Å². The third-order valence-electron chi connectivity index (χ3n) is 3.73. The number of hydrogen-bond acceptors (Lipinski definition) is 3. The lowest BCUT2D eigenvalue weighted by Crippen LogP contribution is -2.23. The summed E-state index contributed by atoms with van der Waals surface area (Å²) in [5.74, 6) is 1.68. The normalized spacial score (nSPS) is 23.3. The fourth-order valence-electron chi connectivity index (χ4n) is 2.67. The largest absolute Gasteiger partial charge is 0.491 e. The van der Waals surface area contributed by atoms with Crippen molar-refractivity contribution in [2.45, 2.75) is 45.3 Å². The second kappa shape index (κ2) is 7.51. The van der Waals surface area contributed by atoms with Crippen molar-refractivity contribution in [1.29, 1.82) is 0 Å². The molecule has 2 unspecified atom stereocenters. The molecule has 3 heteroatoms. The van der Waals surface area contributed by atoms with Crippen LogP contribution in [0.15, 0.2) is 24.3 Å². The van der Waals surface area contributed by atoms with E-state index in [1.807, 2.05) is 24.3 Å². The van der Waals surface area contributed by atoms with Gasteiger partial charge in [0, 0.05) is 6.54 Å². The fraction of sp³-hybridized carbons (Fsp3) is 0.625. The van der Waals surface area contributed by atoms with Crippen molar-refractivity contribution in [3.05, 3.63) is 29.8 Å². The molecule has 106 valence electrons. The highest BCUT2D eigenvalue weighted by atomic mass is 16.5. The Kier molecular flexibility index (Phi) is 5.67. The van der Waals surface area contributed by atoms with E-state index < -0.39 is 0 Å². The molecule has 0 aliphatic heterocycles. The Hall–Kier alpha value is -1.06. The van der Waals surface area contributed by atoms with Gasteiger partial charge in [0.15, 0.2) is 0 Å². The summed E-state index contributed by atoms with van der Waals surface area (Å²) in [7, 11) is 0. The lowest BCUT2D eigenvalue weighted by Gasteiger charge is -2.26. The quantitative estimate of drug-likeness (QED) is 0.802. The highest BCUT2D eigenvalue weighted by Gasteiger charge is 2.18. The standard InChI is InChI=1S/C16H25NO2/c1-13-4-2-6-15(10-13)18-8-9-19-16-7-3-5-14(11-16)12-17/h3,5,7,11,13,15H,2,4,6,8-10,12,17H2,1H3. The minimum atomic E-state index is 0.433. The molecule has 1 aromatic rings. The zero-order chi connectivity index (χ0) is 13.5. The van der Waals surface area contributed by atoms with E-state index in [1.165, 1.54) is 25.7 Å². The summed E-state index contributed by atoms with van der Waals surface area (Å²) in [5.41, 5.74) is 6.70. The molecule has 1 aliphatic carbocycles. The van der Waals surface area contributed by atoms with Gasteiger partial charge in [0.05, 0.1) is 12.7 Å². The summed E-state index contributed by atoms with van der Waals surface area (Å²) in [4.78, 5) is 0. The summed E-state index contributed by atoms with van der Waals surface area (Å²) in [5, 5.41) is 0. The van der Waals surface area contributed by atoms with Crippen LogP contribution in [-0.4, -0.2) is 19.3 Å². The van der Waals surface area contributed by atoms with Gasteiger partial charge in [-0.25, -0.2) is 0 Å². The monoisotopic (exact) mass is 263 g/mol. The predicted molar refractivity (Wildman–Crippen MR) is 77.2 cm³/mol. The van der Waals surface area contributed by atoms with Crippen LogP contribution in [0.4, 0.5) is 0 Å². The first-order valence-electron chi connectivity index (χ1n) is 7.31. The van der Waals surface area contributed by atoms with Crippen LogP contribution in [0.2, 0.25) is 0 Å². The molecule has 0 amide bonds. The highest BCUT2D eigenvalue weighted by Crippen LogP contribution is 2.25. The van der Waals surface area contributed by atoms with Gasteiger partial charge < -0.3 is 15.2 Å². The van der Waals surface area contributed by atoms with Gasteiger partial charge in [-0.2, -0.15) is 0 Å². The van der Waals surface area contributed by atoms with Crippen LogP contribution in [0.3, 0.4) is 0 Å². The molecule has 0 aromatic heterocycles. The Labute approximate surface area is 116 Å². The van der Waals surface area contributed by atoms with E-state index in [0.717, 1.165) is 17.2 Å². The Bertz CT molecular complexity index is 381. The lowest BCUT2D eigenvalue weighted by atomic mass is 9.89. The first-order valence-corrected chi connectivity index (χ1v) is 7.31. The molecule has 2 N–H and O–H groups in total. The van der Waals surface area contributed by atoms with E-state index >= 15 is 0 Å². The molecule has 2 rings (SSSR count). The second-order valence-electron chi connectivity index (χ2n) is 5.46. The van der Waals surface area contributed by atoms with Crippen molar-refractivity contribution in [3.63, 3.8) is 0 Å². The first-order chi connectivity index (χ1) is 9.28. The third-order valence-corrected chi connectivity index (χ3v) is 3.73. The Morgan fingerprint density at radius 1 is 1.26 bits per heavy atom. The molecule has 2 atom stereocenters. The Morgan fingerprint density at radius 2 is 2.16 bits per heavy atom. The van der Waals surface area contributed by atoms with Crippen LogP contribution in [0.5, 0.6) is 5.75 Å². The van der Waals surface area contributed by atoms with E-state index in [1.54, 1.807) is 0 Å². The van der Waals surface area contributed by atoms with Crippen LogP contribution in [0.25, 0.3) is 0 Å². The van der Waals surface area contributed by atoms with Gasteiger partial charge in [0.1, 0.15) is 12.4 Å².